The summed E-state index contributed by atoms with van der Waals surface area (Å²) in [6.45, 7) is 3.04. The molecule has 2 nitrogen and oxygen atoms in total. The molecule has 92 valence electrons. The zero-order valence-corrected chi connectivity index (χ0v) is 11.6. The molecule has 2 fully saturated rings. The maximum absolute atomic E-state index is 12.0. The molecule has 3 heteroatoms. The van der Waals surface area contributed by atoms with Crippen LogP contribution in [0.5, 0.6) is 0 Å². The van der Waals surface area contributed by atoms with E-state index in [9.17, 15) is 4.79 Å². The second kappa shape index (κ2) is 5.52. The summed E-state index contributed by atoms with van der Waals surface area (Å²) in [7, 11) is 0. The van der Waals surface area contributed by atoms with Crippen molar-refractivity contribution in [3.8, 4) is 0 Å². The molecule has 0 aromatic heterocycles. The summed E-state index contributed by atoms with van der Waals surface area (Å²) in [6.07, 6.45) is 6.27. The molecule has 0 spiro atoms. The van der Waals surface area contributed by atoms with E-state index < -0.39 is 0 Å². The van der Waals surface area contributed by atoms with Crippen molar-refractivity contribution in [3.63, 3.8) is 0 Å². The van der Waals surface area contributed by atoms with E-state index in [2.05, 4.69) is 28.2 Å². The van der Waals surface area contributed by atoms with Crippen LogP contribution in [0.25, 0.3) is 0 Å². The minimum absolute atomic E-state index is 0.327. The number of carbonyl (C=O) groups is 1. The average molecular weight is 288 g/mol. The van der Waals surface area contributed by atoms with E-state index in [0.717, 1.165) is 30.6 Å². The molecule has 1 amide bonds. The Balaban J connectivity index is 1.72. The van der Waals surface area contributed by atoms with Gasteiger partial charge in [-0.25, -0.2) is 0 Å². The van der Waals surface area contributed by atoms with E-state index in [-0.39, 0.29) is 0 Å². The first-order valence-electron chi connectivity index (χ1n) is 6.54. The first kappa shape index (κ1) is 12.4. The molecule has 2 bridgehead atoms. The second-order valence-electron chi connectivity index (χ2n) is 5.61. The number of hydrogen-bond donors (Lipinski definition) is 1. The van der Waals surface area contributed by atoms with Gasteiger partial charge >= 0.3 is 0 Å². The third-order valence-corrected chi connectivity index (χ3v) is 4.76. The molecular weight excluding hydrogens is 266 g/mol. The maximum atomic E-state index is 12.0. The van der Waals surface area contributed by atoms with Crippen molar-refractivity contribution in [1.82, 2.24) is 5.32 Å². The Kier molecular flexibility index (Phi) is 4.28. The van der Waals surface area contributed by atoms with Crippen LogP contribution in [-0.2, 0) is 4.79 Å². The van der Waals surface area contributed by atoms with E-state index in [1.54, 1.807) is 0 Å². The molecule has 0 heterocycles. The normalized spacial score (nSPS) is 34.0. The fraction of sp³-hybridized carbons (Fsp3) is 0.923. The monoisotopic (exact) mass is 287 g/mol. The van der Waals surface area contributed by atoms with Crippen molar-refractivity contribution in [2.75, 3.05) is 11.9 Å². The second-order valence-corrected chi connectivity index (χ2v) is 6.40. The smallest absolute Gasteiger partial charge is 0.223 e. The number of nitrogens with one attached hydrogen (secondary N) is 1. The van der Waals surface area contributed by atoms with Gasteiger partial charge in [-0.3, -0.25) is 4.79 Å². The van der Waals surface area contributed by atoms with Crippen LogP contribution in [0, 0.1) is 23.7 Å². The van der Waals surface area contributed by atoms with Crippen LogP contribution in [0.2, 0.25) is 0 Å². The molecule has 2 aliphatic carbocycles. The Hall–Kier alpha value is -0.0500. The van der Waals surface area contributed by atoms with Crippen LogP contribution in [0.4, 0.5) is 0 Å². The molecule has 0 aliphatic heterocycles. The maximum Gasteiger partial charge on any atom is 0.223 e. The van der Waals surface area contributed by atoms with Crippen LogP contribution >= 0.6 is 15.9 Å². The fourth-order valence-corrected chi connectivity index (χ4v) is 4.04. The Morgan fingerprint density at radius 2 is 2.25 bits per heavy atom. The molecule has 2 saturated carbocycles. The van der Waals surface area contributed by atoms with Crippen molar-refractivity contribution in [2.24, 2.45) is 23.7 Å². The predicted octanol–water partition coefficient (Wildman–Crippen LogP) is 2.96. The Morgan fingerprint density at radius 1 is 1.44 bits per heavy atom. The molecule has 4 atom stereocenters. The number of halogens is 1. The number of carbonyl (C=O) groups excluding carboxylic acids is 1. The van der Waals surface area contributed by atoms with Crippen LogP contribution in [0.1, 0.15) is 39.0 Å². The summed E-state index contributed by atoms with van der Waals surface area (Å²) in [4.78, 5) is 12.0. The van der Waals surface area contributed by atoms with Crippen LogP contribution in [0.3, 0.4) is 0 Å². The van der Waals surface area contributed by atoms with Crippen molar-refractivity contribution >= 4 is 21.8 Å². The summed E-state index contributed by atoms with van der Waals surface area (Å²) in [5, 5.41) is 4.16. The highest BCUT2D eigenvalue weighted by atomic mass is 79.9. The highest BCUT2D eigenvalue weighted by Crippen LogP contribution is 2.48. The molecule has 16 heavy (non-hydrogen) atoms. The summed E-state index contributed by atoms with van der Waals surface area (Å²) in [6, 6.07) is 0. The number of hydrogen-bond acceptors (Lipinski definition) is 1. The molecule has 1 N–H and O–H groups in total. The van der Waals surface area contributed by atoms with Gasteiger partial charge in [0.1, 0.15) is 0 Å². The van der Waals surface area contributed by atoms with Gasteiger partial charge in [-0.2, -0.15) is 0 Å². The number of amides is 1. The van der Waals surface area contributed by atoms with Crippen molar-refractivity contribution in [1.29, 1.82) is 0 Å². The minimum Gasteiger partial charge on any atom is -0.356 e. The van der Waals surface area contributed by atoms with E-state index >= 15 is 0 Å². The summed E-state index contributed by atoms with van der Waals surface area (Å²) >= 11 is 3.44. The Bertz CT molecular complexity index is 256. The van der Waals surface area contributed by atoms with Crippen molar-refractivity contribution in [2.45, 2.75) is 39.0 Å². The van der Waals surface area contributed by atoms with E-state index in [1.807, 2.05) is 0 Å². The zero-order valence-electron chi connectivity index (χ0n) is 10.0. The lowest BCUT2D eigenvalue weighted by Crippen LogP contribution is -2.36. The van der Waals surface area contributed by atoms with E-state index in [1.165, 1.54) is 19.3 Å². The predicted molar refractivity (Wildman–Crippen MR) is 69.5 cm³/mol. The van der Waals surface area contributed by atoms with Gasteiger partial charge in [-0.15, -0.1) is 0 Å². The lowest BCUT2D eigenvalue weighted by atomic mass is 9.88. The van der Waals surface area contributed by atoms with E-state index in [0.29, 0.717) is 23.7 Å². The van der Waals surface area contributed by atoms with Gasteiger partial charge in [0.05, 0.1) is 0 Å². The molecule has 4 unspecified atom stereocenters. The van der Waals surface area contributed by atoms with E-state index in [4.69, 9.17) is 0 Å². The SMILES string of the molecule is CC(CCBr)CNC(=O)C1CC2CCC1C2. The molecule has 2 aliphatic rings. The van der Waals surface area contributed by atoms with Crippen molar-refractivity contribution < 1.29 is 4.79 Å². The van der Waals surface area contributed by atoms with Gasteiger partial charge in [-0.05, 0) is 43.4 Å². The Labute approximate surface area is 107 Å². The topological polar surface area (TPSA) is 29.1 Å². The summed E-state index contributed by atoms with van der Waals surface area (Å²) < 4.78 is 0. The molecule has 0 saturated heterocycles. The number of fused-ring (bicyclic) bond motifs is 2. The highest BCUT2D eigenvalue weighted by molar-refractivity contribution is 9.09. The molecular formula is C13H22BrNO. The van der Waals surface area contributed by atoms with Crippen molar-refractivity contribution in [3.05, 3.63) is 0 Å². The largest absolute Gasteiger partial charge is 0.356 e. The van der Waals surface area contributed by atoms with Gasteiger partial charge in [0.15, 0.2) is 0 Å². The van der Waals surface area contributed by atoms with Gasteiger partial charge in [0.2, 0.25) is 5.91 Å². The summed E-state index contributed by atoms with van der Waals surface area (Å²) in [5.74, 6) is 2.82. The van der Waals surface area contributed by atoms with Gasteiger partial charge in [-0.1, -0.05) is 29.3 Å². The van der Waals surface area contributed by atoms with Crippen LogP contribution in [-0.4, -0.2) is 17.8 Å². The van der Waals surface area contributed by atoms with Gasteiger partial charge in [0, 0.05) is 17.8 Å². The Morgan fingerprint density at radius 3 is 2.81 bits per heavy atom. The van der Waals surface area contributed by atoms with Gasteiger partial charge < -0.3 is 5.32 Å². The highest BCUT2D eigenvalue weighted by Gasteiger charge is 2.42. The molecule has 0 radical (unpaired) electrons. The molecule has 0 aromatic rings. The quantitative estimate of drug-likeness (QED) is 0.774. The lowest BCUT2D eigenvalue weighted by molar-refractivity contribution is -0.126. The zero-order chi connectivity index (χ0) is 11.5. The summed E-state index contributed by atoms with van der Waals surface area (Å²) in [5.41, 5.74) is 0. The first-order chi connectivity index (χ1) is 7.70. The number of alkyl halides is 1. The fourth-order valence-electron chi connectivity index (χ4n) is 3.26. The number of rotatable bonds is 5. The minimum atomic E-state index is 0.327. The third-order valence-electron chi connectivity index (χ3n) is 4.30. The molecule has 2 rings (SSSR count). The third kappa shape index (κ3) is 2.79. The van der Waals surface area contributed by atoms with Crippen LogP contribution in [0.15, 0.2) is 0 Å². The van der Waals surface area contributed by atoms with Crippen LogP contribution < -0.4 is 5.32 Å². The lowest BCUT2D eigenvalue weighted by Gasteiger charge is -2.21. The average Bonchev–Trinajstić information content (AvgIpc) is 2.88. The first-order valence-corrected chi connectivity index (χ1v) is 7.66. The standard InChI is InChI=1S/C13H22BrNO/c1-9(4-5-14)8-15-13(16)12-7-10-2-3-11(12)6-10/h9-12H,2-8H2,1H3,(H,15,16). The van der Waals surface area contributed by atoms with Gasteiger partial charge in [0.25, 0.3) is 0 Å². The molecule has 0 aromatic carbocycles.